The van der Waals surface area contributed by atoms with Crippen LogP contribution in [0.1, 0.15) is 40.9 Å². The number of fused-ring (bicyclic) bond motifs is 1. The van der Waals surface area contributed by atoms with E-state index in [1.807, 2.05) is 37.3 Å². The summed E-state index contributed by atoms with van der Waals surface area (Å²) in [6, 6.07) is 13.8. The Bertz CT molecular complexity index is 1380. The van der Waals surface area contributed by atoms with Gasteiger partial charge in [-0.05, 0) is 56.2 Å². The lowest BCUT2D eigenvalue weighted by molar-refractivity contribution is -0.243. The zero-order valence-corrected chi connectivity index (χ0v) is 21.3. The predicted octanol–water partition coefficient (Wildman–Crippen LogP) is 4.03. The van der Waals surface area contributed by atoms with E-state index in [-0.39, 0.29) is 25.2 Å². The Kier molecular flexibility index (Phi) is 8.85. The van der Waals surface area contributed by atoms with E-state index >= 15 is 0 Å². The number of nitrogens with one attached hydrogen (secondary N) is 1. The zero-order chi connectivity index (χ0) is 28.9. The van der Waals surface area contributed by atoms with Gasteiger partial charge >= 0.3 is 12.1 Å². The predicted molar refractivity (Wildman–Crippen MR) is 133 cm³/mol. The molecule has 3 aromatic rings. The van der Waals surface area contributed by atoms with Crippen molar-refractivity contribution in [3.8, 4) is 5.75 Å². The standard InChI is InChI=1S/C27H26F3N3O7/c1-16-13-18(20-5-2-3-6-21(20)31-16)15-39-19-10-8-17(9-11-19)25(35)33(40-26(36)27(28,29)30)22-7-4-12-38-23(22)14-24(34)32-37/h2-3,5-6,8-11,13,22-23,37H,4,7,12,14-15H2,1H3,(H,32,34). The number of hydrogen-bond acceptors (Lipinski definition) is 8. The van der Waals surface area contributed by atoms with Crippen molar-refractivity contribution in [3.05, 3.63) is 71.4 Å². The number of aryl methyl sites for hydroxylation is 1. The Balaban J connectivity index is 1.54. The van der Waals surface area contributed by atoms with Crippen molar-refractivity contribution in [1.29, 1.82) is 0 Å². The number of halogens is 3. The second kappa shape index (κ2) is 12.3. The normalized spacial score (nSPS) is 17.2. The molecule has 2 N–H and O–H groups in total. The summed E-state index contributed by atoms with van der Waals surface area (Å²) >= 11 is 0. The van der Waals surface area contributed by atoms with Gasteiger partial charge in [0.25, 0.3) is 5.91 Å². The molecule has 2 atom stereocenters. The fourth-order valence-electron chi connectivity index (χ4n) is 4.41. The van der Waals surface area contributed by atoms with Crippen LogP contribution in [0.3, 0.4) is 0 Å². The van der Waals surface area contributed by atoms with Crippen LogP contribution in [0.25, 0.3) is 10.9 Å². The van der Waals surface area contributed by atoms with Gasteiger partial charge in [-0.3, -0.25) is 19.8 Å². The molecule has 1 aliphatic rings. The Morgan fingerprint density at radius 1 is 1.15 bits per heavy atom. The molecule has 212 valence electrons. The fourth-order valence-corrected chi connectivity index (χ4v) is 4.41. The number of hydrogen-bond donors (Lipinski definition) is 2. The van der Waals surface area contributed by atoms with E-state index in [1.54, 1.807) is 0 Å². The number of ether oxygens (including phenoxy) is 2. The van der Waals surface area contributed by atoms with Gasteiger partial charge in [-0.15, -0.1) is 0 Å². The number of alkyl halides is 3. The third-order valence-electron chi connectivity index (χ3n) is 6.26. The van der Waals surface area contributed by atoms with Gasteiger partial charge in [0, 0.05) is 28.8 Å². The molecule has 1 aromatic heterocycles. The van der Waals surface area contributed by atoms with Gasteiger partial charge in [0.1, 0.15) is 12.4 Å². The first kappa shape index (κ1) is 28.8. The largest absolute Gasteiger partial charge is 0.493 e. The molecule has 0 spiro atoms. The molecule has 40 heavy (non-hydrogen) atoms. The van der Waals surface area contributed by atoms with Crippen molar-refractivity contribution in [3.63, 3.8) is 0 Å². The summed E-state index contributed by atoms with van der Waals surface area (Å²) in [5.74, 6) is -4.15. The van der Waals surface area contributed by atoms with Crippen molar-refractivity contribution >= 4 is 28.7 Å². The number of carbonyl (C=O) groups is 3. The van der Waals surface area contributed by atoms with E-state index in [4.69, 9.17) is 14.7 Å². The van der Waals surface area contributed by atoms with Crippen LogP contribution in [0.5, 0.6) is 5.75 Å². The topological polar surface area (TPSA) is 127 Å². The minimum Gasteiger partial charge on any atom is -0.489 e. The Morgan fingerprint density at radius 3 is 2.58 bits per heavy atom. The SMILES string of the molecule is Cc1cc(COc2ccc(C(=O)N(OC(=O)C(F)(F)F)C3CCCOC3CC(=O)NO)cc2)c2ccccc2n1. The molecule has 0 aliphatic carbocycles. The molecule has 2 heterocycles. The molecular weight excluding hydrogens is 535 g/mol. The van der Waals surface area contributed by atoms with Crippen LogP contribution in [0.15, 0.2) is 54.6 Å². The number of para-hydroxylation sites is 1. The molecule has 10 nitrogen and oxygen atoms in total. The average Bonchev–Trinajstić information content (AvgIpc) is 2.94. The van der Waals surface area contributed by atoms with Crippen molar-refractivity contribution < 1.29 is 47.1 Å². The first-order valence-electron chi connectivity index (χ1n) is 12.3. The molecule has 0 radical (unpaired) electrons. The third kappa shape index (κ3) is 6.85. The Hall–Kier alpha value is -4.23. The van der Waals surface area contributed by atoms with Crippen LogP contribution >= 0.6 is 0 Å². The lowest BCUT2D eigenvalue weighted by atomic mass is 9.98. The number of nitrogens with zero attached hydrogens (tertiary/aromatic N) is 2. The smallest absolute Gasteiger partial charge is 0.489 e. The minimum absolute atomic E-state index is 0.0841. The number of amides is 2. The second-order valence-corrected chi connectivity index (χ2v) is 9.12. The van der Waals surface area contributed by atoms with Gasteiger partial charge in [0.15, 0.2) is 0 Å². The molecule has 0 bridgehead atoms. The Labute approximate surface area is 226 Å². The van der Waals surface area contributed by atoms with Gasteiger partial charge in [0.05, 0.1) is 24.1 Å². The van der Waals surface area contributed by atoms with E-state index in [9.17, 15) is 27.6 Å². The van der Waals surface area contributed by atoms with Crippen LogP contribution in [-0.4, -0.2) is 58.0 Å². The van der Waals surface area contributed by atoms with Crippen molar-refractivity contribution in [1.82, 2.24) is 15.5 Å². The number of carbonyl (C=O) groups excluding carboxylic acids is 3. The third-order valence-corrected chi connectivity index (χ3v) is 6.26. The fraction of sp³-hybridized carbons (Fsp3) is 0.333. The lowest BCUT2D eigenvalue weighted by Gasteiger charge is -2.37. The number of aromatic nitrogens is 1. The van der Waals surface area contributed by atoms with E-state index in [2.05, 4.69) is 9.82 Å². The molecule has 13 heteroatoms. The maximum absolute atomic E-state index is 13.3. The summed E-state index contributed by atoms with van der Waals surface area (Å²) in [6.45, 7) is 2.22. The summed E-state index contributed by atoms with van der Waals surface area (Å²) in [5.41, 5.74) is 3.84. The maximum Gasteiger partial charge on any atom is 0.493 e. The molecule has 2 unspecified atom stereocenters. The summed E-state index contributed by atoms with van der Waals surface area (Å²) in [5, 5.41) is 10.1. The number of pyridine rings is 1. The maximum atomic E-state index is 13.3. The number of benzene rings is 2. The molecule has 2 aromatic carbocycles. The molecule has 1 saturated heterocycles. The molecule has 2 amide bonds. The number of rotatable bonds is 7. The van der Waals surface area contributed by atoms with Crippen molar-refractivity contribution in [2.75, 3.05) is 6.61 Å². The minimum atomic E-state index is -5.38. The highest BCUT2D eigenvalue weighted by Gasteiger charge is 2.46. The first-order valence-corrected chi connectivity index (χ1v) is 12.3. The van der Waals surface area contributed by atoms with E-state index in [0.29, 0.717) is 17.2 Å². The molecule has 1 aliphatic heterocycles. The number of hydroxylamine groups is 3. The lowest BCUT2D eigenvalue weighted by Crippen LogP contribution is -2.53. The zero-order valence-electron chi connectivity index (χ0n) is 21.3. The van der Waals surface area contributed by atoms with Crippen LogP contribution in [0.2, 0.25) is 0 Å². The van der Waals surface area contributed by atoms with Crippen LogP contribution in [0.4, 0.5) is 13.2 Å². The van der Waals surface area contributed by atoms with Crippen molar-refractivity contribution in [2.24, 2.45) is 0 Å². The van der Waals surface area contributed by atoms with Gasteiger partial charge in [-0.25, -0.2) is 10.3 Å². The van der Waals surface area contributed by atoms with E-state index in [0.717, 1.165) is 22.2 Å². The summed E-state index contributed by atoms with van der Waals surface area (Å²) in [7, 11) is 0. The first-order chi connectivity index (χ1) is 19.1. The quantitative estimate of drug-likeness (QED) is 0.327. The van der Waals surface area contributed by atoms with Gasteiger partial charge < -0.3 is 14.3 Å². The van der Waals surface area contributed by atoms with Crippen LogP contribution < -0.4 is 10.2 Å². The van der Waals surface area contributed by atoms with Crippen LogP contribution in [0, 0.1) is 6.92 Å². The summed E-state index contributed by atoms with van der Waals surface area (Å²) < 4.78 is 50.5. The highest BCUT2D eigenvalue weighted by atomic mass is 19.4. The van der Waals surface area contributed by atoms with E-state index < -0.39 is 42.5 Å². The van der Waals surface area contributed by atoms with Gasteiger partial charge in [-0.2, -0.15) is 18.2 Å². The highest BCUT2D eigenvalue weighted by Crippen LogP contribution is 2.28. The highest BCUT2D eigenvalue weighted by molar-refractivity contribution is 5.95. The molecule has 4 rings (SSSR count). The van der Waals surface area contributed by atoms with E-state index in [1.165, 1.54) is 29.7 Å². The second-order valence-electron chi connectivity index (χ2n) is 9.12. The van der Waals surface area contributed by atoms with Crippen LogP contribution in [-0.2, 0) is 25.8 Å². The van der Waals surface area contributed by atoms with Gasteiger partial charge in [-0.1, -0.05) is 18.2 Å². The Morgan fingerprint density at radius 2 is 1.88 bits per heavy atom. The van der Waals surface area contributed by atoms with Gasteiger partial charge in [0.2, 0.25) is 5.91 Å². The summed E-state index contributed by atoms with van der Waals surface area (Å²) in [6.07, 6.45) is -6.58. The molecular formula is C27H26F3N3O7. The average molecular weight is 562 g/mol. The monoisotopic (exact) mass is 561 g/mol. The molecule has 1 fully saturated rings. The van der Waals surface area contributed by atoms with Crippen molar-refractivity contribution in [2.45, 2.75) is 51.1 Å². The summed E-state index contributed by atoms with van der Waals surface area (Å²) in [4.78, 5) is 45.7. The molecule has 0 saturated carbocycles.